The van der Waals surface area contributed by atoms with Gasteiger partial charge in [-0.05, 0) is 36.8 Å². The molecule has 2 aromatic carbocycles. The normalized spacial score (nSPS) is 11.3. The number of hydrogen-bond acceptors (Lipinski definition) is 2. The molecule has 0 saturated heterocycles. The molecule has 0 aromatic heterocycles. The molecule has 0 atom stereocenters. The van der Waals surface area contributed by atoms with Crippen molar-refractivity contribution in [1.29, 1.82) is 0 Å². The lowest BCUT2D eigenvalue weighted by atomic mass is 10.1. The summed E-state index contributed by atoms with van der Waals surface area (Å²) in [5.41, 5.74) is -0.524. The van der Waals surface area contributed by atoms with E-state index >= 15 is 0 Å². The average molecular weight is 312 g/mol. The summed E-state index contributed by atoms with van der Waals surface area (Å²) in [7, 11) is 0. The molecule has 116 valence electrons. The zero-order chi connectivity index (χ0) is 16.3. The number of halogens is 4. The van der Waals surface area contributed by atoms with Crippen LogP contribution in [-0.4, -0.2) is 5.78 Å². The van der Waals surface area contributed by atoms with E-state index in [0.717, 1.165) is 18.2 Å². The van der Waals surface area contributed by atoms with Crippen LogP contribution < -0.4 is 4.74 Å². The highest BCUT2D eigenvalue weighted by Gasteiger charge is 2.30. The number of ketones is 1. The van der Waals surface area contributed by atoms with Gasteiger partial charge in [-0.15, -0.1) is 0 Å². The van der Waals surface area contributed by atoms with E-state index < -0.39 is 23.3 Å². The molecule has 0 fully saturated rings. The van der Waals surface area contributed by atoms with Crippen molar-refractivity contribution in [2.45, 2.75) is 19.7 Å². The Labute approximate surface area is 124 Å². The van der Waals surface area contributed by atoms with Gasteiger partial charge in [0.25, 0.3) is 0 Å². The smallest absolute Gasteiger partial charge is 0.416 e. The molecule has 0 aliphatic rings. The molecular formula is C16H12F4O2. The molecule has 0 saturated carbocycles. The maximum Gasteiger partial charge on any atom is 0.416 e. The molecular weight excluding hydrogens is 300 g/mol. The summed E-state index contributed by atoms with van der Waals surface area (Å²) < 4.78 is 56.6. The lowest BCUT2D eigenvalue weighted by molar-refractivity contribution is -0.137. The van der Waals surface area contributed by atoms with Crippen molar-refractivity contribution in [3.05, 3.63) is 65.0 Å². The number of rotatable bonds is 4. The summed E-state index contributed by atoms with van der Waals surface area (Å²) >= 11 is 0. The van der Waals surface area contributed by atoms with E-state index in [2.05, 4.69) is 0 Å². The largest absolute Gasteiger partial charge is 0.489 e. The van der Waals surface area contributed by atoms with Gasteiger partial charge >= 0.3 is 6.18 Å². The third-order valence-electron chi connectivity index (χ3n) is 2.98. The number of Topliss-reactive ketones (excluding diaryl/α,β-unsaturated/α-hetero) is 1. The monoisotopic (exact) mass is 312 g/mol. The van der Waals surface area contributed by atoms with E-state index in [1.54, 1.807) is 0 Å². The Morgan fingerprint density at radius 3 is 2.45 bits per heavy atom. The van der Waals surface area contributed by atoms with E-state index in [0.29, 0.717) is 5.56 Å². The maximum absolute atomic E-state index is 13.6. The first-order valence-electron chi connectivity index (χ1n) is 6.37. The fourth-order valence-electron chi connectivity index (χ4n) is 1.88. The minimum absolute atomic E-state index is 0.0635. The first-order valence-corrected chi connectivity index (χ1v) is 6.37. The summed E-state index contributed by atoms with van der Waals surface area (Å²) in [4.78, 5) is 11.1. The zero-order valence-electron chi connectivity index (χ0n) is 11.6. The minimum atomic E-state index is -4.43. The molecule has 0 N–H and O–H groups in total. The molecule has 0 amide bonds. The fraction of sp³-hybridized carbons (Fsp3) is 0.188. The first-order chi connectivity index (χ1) is 10.3. The van der Waals surface area contributed by atoms with Crippen LogP contribution in [0.3, 0.4) is 0 Å². The molecule has 0 bridgehead atoms. The van der Waals surface area contributed by atoms with Gasteiger partial charge in [-0.2, -0.15) is 13.2 Å². The lowest BCUT2D eigenvalue weighted by Crippen LogP contribution is -2.06. The summed E-state index contributed by atoms with van der Waals surface area (Å²) in [6, 6.07) is 8.40. The second-order valence-corrected chi connectivity index (χ2v) is 4.68. The van der Waals surface area contributed by atoms with Gasteiger partial charge in [-0.1, -0.05) is 12.1 Å². The Balaban J connectivity index is 2.10. The standard InChI is InChI=1S/C16H12F4O2/c1-10(21)14-6-5-13(8-15(14)17)22-9-11-3-2-4-12(7-11)16(18,19)20/h2-8H,9H2,1H3. The summed E-state index contributed by atoms with van der Waals surface area (Å²) in [6.07, 6.45) is -4.43. The van der Waals surface area contributed by atoms with Crippen molar-refractivity contribution in [1.82, 2.24) is 0 Å². The van der Waals surface area contributed by atoms with Gasteiger partial charge in [-0.25, -0.2) is 4.39 Å². The summed E-state index contributed by atoms with van der Waals surface area (Å²) in [5.74, 6) is -1.00. The predicted octanol–water partition coefficient (Wildman–Crippen LogP) is 4.63. The highest BCUT2D eigenvalue weighted by molar-refractivity contribution is 5.94. The third kappa shape index (κ3) is 3.84. The number of carbonyl (C=O) groups excluding carboxylic acids is 1. The highest BCUT2D eigenvalue weighted by Crippen LogP contribution is 2.29. The van der Waals surface area contributed by atoms with Crippen molar-refractivity contribution in [3.8, 4) is 5.75 Å². The van der Waals surface area contributed by atoms with Gasteiger partial charge in [0.05, 0.1) is 11.1 Å². The van der Waals surface area contributed by atoms with Crippen molar-refractivity contribution < 1.29 is 27.1 Å². The van der Waals surface area contributed by atoms with Gasteiger partial charge in [0, 0.05) is 6.07 Å². The van der Waals surface area contributed by atoms with Crippen LogP contribution in [0, 0.1) is 5.82 Å². The Hall–Kier alpha value is -2.37. The van der Waals surface area contributed by atoms with Crippen molar-refractivity contribution >= 4 is 5.78 Å². The van der Waals surface area contributed by atoms with E-state index in [-0.39, 0.29) is 17.9 Å². The molecule has 22 heavy (non-hydrogen) atoms. The van der Waals surface area contributed by atoms with Gasteiger partial charge in [0.15, 0.2) is 5.78 Å². The summed E-state index contributed by atoms with van der Waals surface area (Å²) in [5, 5.41) is 0. The molecule has 0 heterocycles. The number of benzene rings is 2. The Bertz CT molecular complexity index is 693. The van der Waals surface area contributed by atoms with Crippen LogP contribution in [-0.2, 0) is 12.8 Å². The van der Waals surface area contributed by atoms with E-state index in [9.17, 15) is 22.4 Å². The molecule has 6 heteroatoms. The number of ether oxygens (including phenoxy) is 1. The summed E-state index contributed by atoms with van der Waals surface area (Å²) in [6.45, 7) is 1.10. The molecule has 0 aliphatic heterocycles. The van der Waals surface area contributed by atoms with Crippen LogP contribution in [0.15, 0.2) is 42.5 Å². The van der Waals surface area contributed by atoms with Crippen LogP contribution in [0.5, 0.6) is 5.75 Å². The second-order valence-electron chi connectivity index (χ2n) is 4.68. The van der Waals surface area contributed by atoms with Crippen LogP contribution in [0.25, 0.3) is 0 Å². The molecule has 0 radical (unpaired) electrons. The quantitative estimate of drug-likeness (QED) is 0.608. The number of alkyl halides is 3. The SMILES string of the molecule is CC(=O)c1ccc(OCc2cccc(C(F)(F)F)c2)cc1F. The molecule has 0 unspecified atom stereocenters. The molecule has 2 nitrogen and oxygen atoms in total. The minimum Gasteiger partial charge on any atom is -0.489 e. The van der Waals surface area contributed by atoms with Crippen molar-refractivity contribution in [3.63, 3.8) is 0 Å². The predicted molar refractivity (Wildman–Crippen MR) is 72.2 cm³/mol. The second kappa shape index (κ2) is 6.17. The Kier molecular flexibility index (Phi) is 4.49. The fourth-order valence-corrected chi connectivity index (χ4v) is 1.88. The molecule has 2 rings (SSSR count). The average Bonchev–Trinajstić information content (AvgIpc) is 2.44. The maximum atomic E-state index is 13.6. The van der Waals surface area contributed by atoms with Gasteiger partial charge in [0.2, 0.25) is 0 Å². The van der Waals surface area contributed by atoms with Gasteiger partial charge in [-0.3, -0.25) is 4.79 Å². The van der Waals surface area contributed by atoms with Crippen LogP contribution >= 0.6 is 0 Å². The Morgan fingerprint density at radius 2 is 1.86 bits per heavy atom. The van der Waals surface area contributed by atoms with Gasteiger partial charge in [0.1, 0.15) is 18.2 Å². The number of hydrogen-bond donors (Lipinski definition) is 0. The lowest BCUT2D eigenvalue weighted by Gasteiger charge is -2.10. The molecule has 0 spiro atoms. The van der Waals surface area contributed by atoms with E-state index in [1.165, 1.54) is 31.2 Å². The Morgan fingerprint density at radius 1 is 1.14 bits per heavy atom. The first kappa shape index (κ1) is 16.0. The molecule has 0 aliphatic carbocycles. The highest BCUT2D eigenvalue weighted by atomic mass is 19.4. The third-order valence-corrected chi connectivity index (χ3v) is 2.98. The van der Waals surface area contributed by atoms with Crippen LogP contribution in [0.2, 0.25) is 0 Å². The van der Waals surface area contributed by atoms with Crippen molar-refractivity contribution in [2.75, 3.05) is 0 Å². The van der Waals surface area contributed by atoms with Crippen LogP contribution in [0.4, 0.5) is 17.6 Å². The van der Waals surface area contributed by atoms with E-state index in [4.69, 9.17) is 4.74 Å². The zero-order valence-corrected chi connectivity index (χ0v) is 11.6. The molecule has 2 aromatic rings. The van der Waals surface area contributed by atoms with E-state index in [1.807, 2.05) is 0 Å². The number of carbonyl (C=O) groups is 1. The topological polar surface area (TPSA) is 26.3 Å². The van der Waals surface area contributed by atoms with Gasteiger partial charge < -0.3 is 4.74 Å². The van der Waals surface area contributed by atoms with Crippen LogP contribution in [0.1, 0.15) is 28.4 Å². The van der Waals surface area contributed by atoms with Crippen molar-refractivity contribution in [2.24, 2.45) is 0 Å².